The molecule has 1 aromatic heterocycles. The minimum atomic E-state index is -0.309. The van der Waals surface area contributed by atoms with Gasteiger partial charge in [0.25, 0.3) is 5.91 Å². The molecular weight excluding hydrogens is 444 g/mol. The van der Waals surface area contributed by atoms with Crippen LogP contribution in [0.4, 0.5) is 0 Å². The van der Waals surface area contributed by atoms with Crippen LogP contribution >= 0.6 is 0 Å². The number of pyridine rings is 1. The molecule has 1 atom stereocenters. The minimum absolute atomic E-state index is 0.194. The van der Waals surface area contributed by atoms with Crippen LogP contribution in [0.1, 0.15) is 45.6 Å². The summed E-state index contributed by atoms with van der Waals surface area (Å²) in [5.41, 5.74) is 7.43. The van der Waals surface area contributed by atoms with E-state index in [-0.39, 0.29) is 11.9 Å². The van der Waals surface area contributed by atoms with Crippen LogP contribution in [0.15, 0.2) is 60.0 Å². The Labute approximate surface area is 205 Å². The monoisotopic (exact) mass is 474 g/mol. The van der Waals surface area contributed by atoms with Gasteiger partial charge in [-0.2, -0.15) is 5.10 Å². The summed E-state index contributed by atoms with van der Waals surface area (Å²) >= 11 is 0. The highest BCUT2D eigenvalue weighted by molar-refractivity contribution is 5.94. The molecule has 8 nitrogen and oxygen atoms in total. The topological polar surface area (TPSA) is 85.3 Å². The maximum atomic E-state index is 12.2. The van der Waals surface area contributed by atoms with Crippen molar-refractivity contribution in [2.45, 2.75) is 25.9 Å². The van der Waals surface area contributed by atoms with Crippen LogP contribution in [0.2, 0.25) is 0 Å². The van der Waals surface area contributed by atoms with Gasteiger partial charge in [-0.3, -0.25) is 14.7 Å². The Bertz CT molecular complexity index is 1210. The van der Waals surface area contributed by atoms with Crippen LogP contribution in [0, 0.1) is 0 Å². The largest absolute Gasteiger partial charge is 0.496 e. The number of amides is 1. The minimum Gasteiger partial charge on any atom is -0.496 e. The Morgan fingerprint density at radius 2 is 1.89 bits per heavy atom. The van der Waals surface area contributed by atoms with E-state index in [0.717, 1.165) is 41.3 Å². The number of hydrogen-bond acceptors (Lipinski definition) is 7. The summed E-state index contributed by atoms with van der Waals surface area (Å²) in [6, 6.07) is 13.6. The van der Waals surface area contributed by atoms with Crippen LogP contribution in [0.3, 0.4) is 0 Å². The number of fused-ring (bicyclic) bond motifs is 1. The first-order valence-electron chi connectivity index (χ1n) is 11.4. The molecule has 0 bridgehead atoms. The number of ether oxygens (including phenoxy) is 3. The highest BCUT2D eigenvalue weighted by atomic mass is 16.5. The molecule has 35 heavy (non-hydrogen) atoms. The third-order valence-electron chi connectivity index (χ3n) is 6.29. The molecule has 8 heteroatoms. The van der Waals surface area contributed by atoms with Crippen LogP contribution in [0.25, 0.3) is 0 Å². The molecule has 4 rings (SSSR count). The second-order valence-electron chi connectivity index (χ2n) is 8.31. The van der Waals surface area contributed by atoms with Gasteiger partial charge in [0.2, 0.25) is 0 Å². The number of nitrogens with one attached hydrogen (secondary N) is 1. The number of nitrogens with zero attached hydrogens (tertiary/aromatic N) is 3. The zero-order valence-electron chi connectivity index (χ0n) is 20.4. The summed E-state index contributed by atoms with van der Waals surface area (Å²) in [5, 5.41) is 4.11. The molecule has 0 fully saturated rings. The van der Waals surface area contributed by atoms with Crippen molar-refractivity contribution in [3.8, 4) is 17.2 Å². The Balaban J connectivity index is 1.50. The van der Waals surface area contributed by atoms with Crippen molar-refractivity contribution < 1.29 is 19.0 Å². The molecule has 1 amide bonds. The Morgan fingerprint density at radius 3 is 2.60 bits per heavy atom. The average molecular weight is 475 g/mol. The predicted molar refractivity (Wildman–Crippen MR) is 134 cm³/mol. The van der Waals surface area contributed by atoms with Crippen LogP contribution < -0.4 is 19.6 Å². The Kier molecular flexibility index (Phi) is 7.62. The molecule has 0 saturated carbocycles. The van der Waals surface area contributed by atoms with Crippen molar-refractivity contribution in [1.82, 2.24) is 15.3 Å². The van der Waals surface area contributed by atoms with E-state index in [1.807, 2.05) is 18.2 Å². The van der Waals surface area contributed by atoms with Crippen LogP contribution in [0.5, 0.6) is 17.2 Å². The van der Waals surface area contributed by atoms with Crippen molar-refractivity contribution in [3.05, 3.63) is 82.7 Å². The van der Waals surface area contributed by atoms with Crippen molar-refractivity contribution >= 4 is 12.1 Å². The van der Waals surface area contributed by atoms with E-state index in [4.69, 9.17) is 14.2 Å². The molecule has 0 spiro atoms. The van der Waals surface area contributed by atoms with Gasteiger partial charge in [-0.15, -0.1) is 0 Å². The molecule has 0 aliphatic carbocycles. The molecule has 2 aromatic carbocycles. The summed E-state index contributed by atoms with van der Waals surface area (Å²) in [5.74, 6) is 2.00. The number of aromatic nitrogens is 1. The predicted octanol–water partition coefficient (Wildman–Crippen LogP) is 3.99. The molecule has 1 aliphatic heterocycles. The Hall–Kier alpha value is -3.91. The van der Waals surface area contributed by atoms with Gasteiger partial charge >= 0.3 is 0 Å². The fourth-order valence-corrected chi connectivity index (χ4v) is 4.36. The standard InChI is InChI=1S/C27H30N4O4/c1-18-23-14-26(35-4)25(34-3)13-20(23)9-11-31(18)17-22-12-19(7-8-24(22)33-2)15-29-30-27(32)21-6-5-10-28-16-21/h5-8,10,12-16,18H,9,11,17H2,1-4H3,(H,30,32)/b29-15-/t18-/m0/s1. The van der Waals surface area contributed by atoms with Crippen molar-refractivity contribution in [3.63, 3.8) is 0 Å². The smallest absolute Gasteiger partial charge is 0.272 e. The third-order valence-corrected chi connectivity index (χ3v) is 6.29. The maximum absolute atomic E-state index is 12.2. The van der Waals surface area contributed by atoms with E-state index in [0.29, 0.717) is 12.1 Å². The van der Waals surface area contributed by atoms with E-state index >= 15 is 0 Å². The first kappa shape index (κ1) is 24.2. The van der Waals surface area contributed by atoms with E-state index in [1.54, 1.807) is 45.9 Å². The summed E-state index contributed by atoms with van der Waals surface area (Å²) in [4.78, 5) is 18.5. The van der Waals surface area contributed by atoms with Gasteiger partial charge in [0, 0.05) is 37.1 Å². The van der Waals surface area contributed by atoms with Crippen LogP contribution in [-0.2, 0) is 13.0 Å². The molecule has 3 aromatic rings. The summed E-state index contributed by atoms with van der Waals surface area (Å²) in [7, 11) is 5.00. The second kappa shape index (κ2) is 11.0. The fraction of sp³-hybridized carbons (Fsp3) is 0.296. The highest BCUT2D eigenvalue weighted by Gasteiger charge is 2.26. The lowest BCUT2D eigenvalue weighted by Gasteiger charge is -2.36. The molecule has 0 radical (unpaired) electrons. The number of rotatable bonds is 8. The van der Waals surface area contributed by atoms with Gasteiger partial charge in [0.15, 0.2) is 11.5 Å². The first-order chi connectivity index (χ1) is 17.0. The molecule has 0 saturated heterocycles. The maximum Gasteiger partial charge on any atom is 0.272 e. The lowest BCUT2D eigenvalue weighted by Crippen LogP contribution is -2.33. The van der Waals surface area contributed by atoms with E-state index in [9.17, 15) is 4.79 Å². The summed E-state index contributed by atoms with van der Waals surface area (Å²) < 4.78 is 16.6. The quantitative estimate of drug-likeness (QED) is 0.393. The molecular formula is C27H30N4O4. The SMILES string of the molecule is COc1ccc(/C=N\NC(=O)c2cccnc2)cc1CN1CCc2cc(OC)c(OC)cc2[C@@H]1C. The number of carbonyl (C=O) groups excluding carboxylic acids is 1. The summed E-state index contributed by atoms with van der Waals surface area (Å²) in [6.07, 6.45) is 5.67. The Morgan fingerprint density at radius 1 is 1.11 bits per heavy atom. The lowest BCUT2D eigenvalue weighted by molar-refractivity contribution is 0.0954. The summed E-state index contributed by atoms with van der Waals surface area (Å²) in [6.45, 7) is 3.82. The number of hydrogen-bond donors (Lipinski definition) is 1. The highest BCUT2D eigenvalue weighted by Crippen LogP contribution is 2.38. The van der Waals surface area contributed by atoms with Crippen molar-refractivity contribution in [2.24, 2.45) is 5.10 Å². The average Bonchev–Trinajstić information content (AvgIpc) is 2.90. The lowest BCUT2D eigenvalue weighted by atomic mass is 9.92. The molecule has 0 unspecified atom stereocenters. The van der Waals surface area contributed by atoms with Crippen molar-refractivity contribution in [1.29, 1.82) is 0 Å². The molecule has 182 valence electrons. The normalized spacial score (nSPS) is 15.5. The molecule has 1 N–H and O–H groups in total. The fourth-order valence-electron chi connectivity index (χ4n) is 4.36. The van der Waals surface area contributed by atoms with Gasteiger partial charge in [0.05, 0.1) is 33.1 Å². The van der Waals surface area contributed by atoms with Gasteiger partial charge in [-0.25, -0.2) is 5.43 Å². The molecule has 2 heterocycles. The van der Waals surface area contributed by atoms with E-state index in [1.165, 1.54) is 17.3 Å². The zero-order valence-corrected chi connectivity index (χ0v) is 20.4. The van der Waals surface area contributed by atoms with Gasteiger partial charge < -0.3 is 14.2 Å². The van der Waals surface area contributed by atoms with Crippen molar-refractivity contribution in [2.75, 3.05) is 27.9 Å². The van der Waals surface area contributed by atoms with Gasteiger partial charge in [-0.05, 0) is 72.5 Å². The van der Waals surface area contributed by atoms with Gasteiger partial charge in [-0.1, -0.05) is 0 Å². The number of hydrazone groups is 1. The van der Waals surface area contributed by atoms with E-state index in [2.05, 4.69) is 39.5 Å². The van der Waals surface area contributed by atoms with Crippen LogP contribution in [-0.4, -0.2) is 49.9 Å². The molecule has 1 aliphatic rings. The van der Waals surface area contributed by atoms with Gasteiger partial charge in [0.1, 0.15) is 5.75 Å². The van der Waals surface area contributed by atoms with E-state index < -0.39 is 0 Å². The number of benzene rings is 2. The first-order valence-corrected chi connectivity index (χ1v) is 11.4. The third kappa shape index (κ3) is 5.44. The zero-order chi connectivity index (χ0) is 24.8. The second-order valence-corrected chi connectivity index (χ2v) is 8.31. The number of carbonyl (C=O) groups is 1. The number of methoxy groups -OCH3 is 3.